The Balaban J connectivity index is 1.66. The first-order chi connectivity index (χ1) is 12.9. The molecule has 0 spiro atoms. The Bertz CT molecular complexity index is 936. The van der Waals surface area contributed by atoms with Crippen molar-refractivity contribution in [2.45, 2.75) is 6.36 Å². The molecule has 0 aliphatic carbocycles. The number of ether oxygens (including phenoxy) is 1. The standard InChI is InChI=1S/C20H13F3N2O2/c21-20(22,23)27-16-8-4-14(5-9-16)6-11-19(26)15-7-10-18(25-13-15)17-3-1-2-12-24-17/h1-13H/b11-6-. The lowest BCUT2D eigenvalue weighted by molar-refractivity contribution is -0.274. The first-order valence-electron chi connectivity index (χ1n) is 7.86. The first kappa shape index (κ1) is 18.3. The molecule has 0 saturated carbocycles. The molecule has 3 aromatic rings. The monoisotopic (exact) mass is 370 g/mol. The van der Waals surface area contributed by atoms with Crippen LogP contribution in [0.3, 0.4) is 0 Å². The zero-order valence-corrected chi connectivity index (χ0v) is 13.9. The van der Waals surface area contributed by atoms with E-state index in [1.807, 2.05) is 12.1 Å². The molecule has 27 heavy (non-hydrogen) atoms. The van der Waals surface area contributed by atoms with Crippen LogP contribution in [0.25, 0.3) is 17.5 Å². The van der Waals surface area contributed by atoms with Crippen LogP contribution in [0.5, 0.6) is 5.75 Å². The third-order valence-electron chi connectivity index (χ3n) is 3.52. The van der Waals surface area contributed by atoms with Crippen LogP contribution in [0, 0.1) is 0 Å². The molecular weight excluding hydrogens is 357 g/mol. The zero-order chi connectivity index (χ0) is 19.3. The third kappa shape index (κ3) is 5.24. The van der Waals surface area contributed by atoms with Gasteiger partial charge in [0.05, 0.1) is 11.4 Å². The third-order valence-corrected chi connectivity index (χ3v) is 3.52. The van der Waals surface area contributed by atoms with Crippen LogP contribution >= 0.6 is 0 Å². The molecule has 3 rings (SSSR count). The lowest BCUT2D eigenvalue weighted by Crippen LogP contribution is -2.16. The number of nitrogens with zero attached hydrogens (tertiary/aromatic N) is 2. The smallest absolute Gasteiger partial charge is 0.406 e. The lowest BCUT2D eigenvalue weighted by Gasteiger charge is -2.08. The molecule has 0 saturated heterocycles. The maximum Gasteiger partial charge on any atom is 0.573 e. The molecule has 7 heteroatoms. The van der Waals surface area contributed by atoms with Gasteiger partial charge in [-0.1, -0.05) is 24.3 Å². The van der Waals surface area contributed by atoms with Crippen molar-refractivity contribution >= 4 is 11.9 Å². The minimum absolute atomic E-state index is 0.273. The van der Waals surface area contributed by atoms with E-state index in [2.05, 4.69) is 14.7 Å². The average Bonchev–Trinajstić information content (AvgIpc) is 2.67. The Labute approximate surface area is 153 Å². The summed E-state index contributed by atoms with van der Waals surface area (Å²) in [6.45, 7) is 0. The predicted octanol–water partition coefficient (Wildman–Crippen LogP) is 4.94. The number of ketones is 1. The first-order valence-corrected chi connectivity index (χ1v) is 7.86. The Morgan fingerprint density at radius 1 is 0.926 bits per heavy atom. The van der Waals surface area contributed by atoms with Crippen molar-refractivity contribution in [2.24, 2.45) is 0 Å². The van der Waals surface area contributed by atoms with Crippen molar-refractivity contribution in [1.29, 1.82) is 0 Å². The van der Waals surface area contributed by atoms with Gasteiger partial charge in [-0.25, -0.2) is 0 Å². The number of hydrogen-bond donors (Lipinski definition) is 0. The molecule has 0 unspecified atom stereocenters. The number of pyridine rings is 2. The molecule has 2 heterocycles. The highest BCUT2D eigenvalue weighted by Gasteiger charge is 2.30. The number of aromatic nitrogens is 2. The molecule has 0 bridgehead atoms. The van der Waals surface area contributed by atoms with Gasteiger partial charge in [-0.15, -0.1) is 13.2 Å². The molecule has 0 N–H and O–H groups in total. The number of halogens is 3. The molecule has 4 nitrogen and oxygen atoms in total. The average molecular weight is 370 g/mol. The van der Waals surface area contributed by atoms with Gasteiger partial charge in [-0.05, 0) is 48.0 Å². The van der Waals surface area contributed by atoms with Gasteiger partial charge in [-0.2, -0.15) is 0 Å². The Hall–Kier alpha value is -3.48. The van der Waals surface area contributed by atoms with Crippen LogP contribution in [-0.2, 0) is 0 Å². The van der Waals surface area contributed by atoms with Gasteiger partial charge in [0.2, 0.25) is 0 Å². The van der Waals surface area contributed by atoms with E-state index in [4.69, 9.17) is 0 Å². The summed E-state index contributed by atoms with van der Waals surface area (Å²) >= 11 is 0. The van der Waals surface area contributed by atoms with E-state index in [1.165, 1.54) is 42.6 Å². The van der Waals surface area contributed by atoms with Crippen molar-refractivity contribution in [3.8, 4) is 17.1 Å². The summed E-state index contributed by atoms with van der Waals surface area (Å²) in [5.41, 5.74) is 2.31. The van der Waals surface area contributed by atoms with Crippen molar-refractivity contribution in [3.63, 3.8) is 0 Å². The summed E-state index contributed by atoms with van der Waals surface area (Å²) in [5.74, 6) is -0.592. The van der Waals surface area contributed by atoms with Crippen LogP contribution in [-0.4, -0.2) is 22.1 Å². The minimum atomic E-state index is -4.73. The molecule has 0 radical (unpaired) electrons. The molecule has 0 aliphatic heterocycles. The van der Waals surface area contributed by atoms with E-state index < -0.39 is 6.36 Å². The Morgan fingerprint density at radius 3 is 2.26 bits per heavy atom. The van der Waals surface area contributed by atoms with Crippen LogP contribution in [0.2, 0.25) is 0 Å². The second kappa shape index (κ2) is 7.82. The Kier molecular flexibility index (Phi) is 5.30. The molecule has 2 aromatic heterocycles. The van der Waals surface area contributed by atoms with Gasteiger partial charge in [0, 0.05) is 18.0 Å². The van der Waals surface area contributed by atoms with Gasteiger partial charge in [0.1, 0.15) is 5.75 Å². The summed E-state index contributed by atoms with van der Waals surface area (Å²) in [4.78, 5) is 20.6. The largest absolute Gasteiger partial charge is 0.573 e. The van der Waals surface area contributed by atoms with Gasteiger partial charge >= 0.3 is 6.36 Å². The van der Waals surface area contributed by atoms with Crippen molar-refractivity contribution < 1.29 is 22.7 Å². The highest BCUT2D eigenvalue weighted by atomic mass is 19.4. The summed E-state index contributed by atoms with van der Waals surface area (Å²) in [7, 11) is 0. The molecular formula is C20H13F3N2O2. The second-order valence-corrected chi connectivity index (χ2v) is 5.46. The van der Waals surface area contributed by atoms with Crippen LogP contribution < -0.4 is 4.74 Å². The van der Waals surface area contributed by atoms with E-state index in [9.17, 15) is 18.0 Å². The second-order valence-electron chi connectivity index (χ2n) is 5.46. The summed E-state index contributed by atoms with van der Waals surface area (Å²) < 4.78 is 40.2. The van der Waals surface area contributed by atoms with Crippen molar-refractivity contribution in [2.75, 3.05) is 0 Å². The van der Waals surface area contributed by atoms with Gasteiger partial charge in [-0.3, -0.25) is 14.8 Å². The molecule has 0 atom stereocenters. The van der Waals surface area contributed by atoms with E-state index in [0.717, 1.165) is 0 Å². The SMILES string of the molecule is O=C(/C=C\c1ccc(OC(F)(F)F)cc1)c1ccc(-c2ccccn2)nc1. The molecule has 0 fully saturated rings. The normalized spacial score (nSPS) is 11.5. The number of alkyl halides is 3. The molecule has 136 valence electrons. The van der Waals surface area contributed by atoms with E-state index in [1.54, 1.807) is 24.4 Å². The molecule has 0 aliphatic rings. The summed E-state index contributed by atoms with van der Waals surface area (Å²) in [6.07, 6.45) is 1.21. The number of hydrogen-bond acceptors (Lipinski definition) is 4. The van der Waals surface area contributed by atoms with Crippen LogP contribution in [0.4, 0.5) is 13.2 Å². The highest BCUT2D eigenvalue weighted by Crippen LogP contribution is 2.23. The number of benzene rings is 1. The number of carbonyl (C=O) groups is 1. The minimum Gasteiger partial charge on any atom is -0.406 e. The summed E-state index contributed by atoms with van der Waals surface area (Å²) in [6, 6.07) is 14.0. The van der Waals surface area contributed by atoms with Crippen LogP contribution in [0.15, 0.2) is 73.1 Å². The van der Waals surface area contributed by atoms with Crippen molar-refractivity contribution in [3.05, 3.63) is 84.2 Å². The fourth-order valence-corrected chi connectivity index (χ4v) is 2.25. The fourth-order valence-electron chi connectivity index (χ4n) is 2.25. The Morgan fingerprint density at radius 2 is 1.67 bits per heavy atom. The maximum absolute atomic E-state index is 12.2. The van der Waals surface area contributed by atoms with Gasteiger partial charge < -0.3 is 4.74 Å². The van der Waals surface area contributed by atoms with Crippen molar-refractivity contribution in [1.82, 2.24) is 9.97 Å². The number of allylic oxidation sites excluding steroid dienone is 1. The molecule has 1 aromatic carbocycles. The number of rotatable bonds is 5. The van der Waals surface area contributed by atoms with Gasteiger partial charge in [0.25, 0.3) is 0 Å². The lowest BCUT2D eigenvalue weighted by atomic mass is 10.1. The van der Waals surface area contributed by atoms with Crippen LogP contribution in [0.1, 0.15) is 15.9 Å². The van der Waals surface area contributed by atoms with E-state index >= 15 is 0 Å². The quantitative estimate of drug-likeness (QED) is 0.472. The van der Waals surface area contributed by atoms with Gasteiger partial charge in [0.15, 0.2) is 5.78 Å². The highest BCUT2D eigenvalue weighted by molar-refractivity contribution is 6.06. The topological polar surface area (TPSA) is 52.1 Å². The number of carbonyl (C=O) groups excluding carboxylic acids is 1. The molecule has 0 amide bonds. The fraction of sp³-hybridized carbons (Fsp3) is 0.0500. The predicted molar refractivity (Wildman–Crippen MR) is 94.0 cm³/mol. The zero-order valence-electron chi connectivity index (χ0n) is 13.9. The maximum atomic E-state index is 12.2. The summed E-state index contributed by atoms with van der Waals surface area (Å²) in [5, 5.41) is 0. The van der Waals surface area contributed by atoms with E-state index in [0.29, 0.717) is 22.5 Å². The van der Waals surface area contributed by atoms with E-state index in [-0.39, 0.29) is 11.5 Å².